The zero-order valence-corrected chi connectivity index (χ0v) is 11.4. The van der Waals surface area contributed by atoms with Crippen molar-refractivity contribution < 1.29 is 0 Å². The summed E-state index contributed by atoms with van der Waals surface area (Å²) in [6, 6.07) is 10.7. The predicted octanol–water partition coefficient (Wildman–Crippen LogP) is 5.05. The van der Waals surface area contributed by atoms with E-state index in [2.05, 4.69) is 46.3 Å². The molecule has 1 saturated carbocycles. The Bertz CT molecular complexity index is 529. The standard InChI is InChI=1S/C15H16BrN/c16-13-8-4-7-12-9-10-14(17-15(12)13)11-5-2-1-3-6-11/h4,7-11H,1-3,5-6H2. The molecule has 0 atom stereocenters. The number of hydrogen-bond donors (Lipinski definition) is 0. The van der Waals surface area contributed by atoms with Gasteiger partial charge in [0.1, 0.15) is 0 Å². The second-order valence-electron chi connectivity index (χ2n) is 4.88. The van der Waals surface area contributed by atoms with Crippen LogP contribution in [0.5, 0.6) is 0 Å². The summed E-state index contributed by atoms with van der Waals surface area (Å²) in [6.45, 7) is 0. The first-order valence-corrected chi connectivity index (χ1v) is 7.19. The number of halogens is 1. The molecule has 2 heteroatoms. The molecule has 0 bridgehead atoms. The molecule has 0 unspecified atom stereocenters. The topological polar surface area (TPSA) is 12.9 Å². The van der Waals surface area contributed by atoms with Crippen molar-refractivity contribution in [2.45, 2.75) is 38.0 Å². The third kappa shape index (κ3) is 2.23. The van der Waals surface area contributed by atoms with Crippen molar-refractivity contribution in [2.75, 3.05) is 0 Å². The lowest BCUT2D eigenvalue weighted by atomic mass is 9.86. The summed E-state index contributed by atoms with van der Waals surface area (Å²) in [4.78, 5) is 4.85. The van der Waals surface area contributed by atoms with Gasteiger partial charge < -0.3 is 0 Å². The minimum Gasteiger partial charge on any atom is -0.251 e. The summed E-state index contributed by atoms with van der Waals surface area (Å²) in [5.74, 6) is 0.681. The summed E-state index contributed by atoms with van der Waals surface area (Å²) in [6.07, 6.45) is 6.74. The van der Waals surface area contributed by atoms with Gasteiger partial charge >= 0.3 is 0 Å². The largest absolute Gasteiger partial charge is 0.251 e. The average Bonchev–Trinajstić information content (AvgIpc) is 2.40. The number of fused-ring (bicyclic) bond motifs is 1. The predicted molar refractivity (Wildman–Crippen MR) is 75.3 cm³/mol. The van der Waals surface area contributed by atoms with Crippen molar-refractivity contribution in [1.29, 1.82) is 0 Å². The molecular formula is C15H16BrN. The molecule has 1 nitrogen and oxygen atoms in total. The van der Waals surface area contributed by atoms with Gasteiger partial charge in [-0.15, -0.1) is 0 Å². The number of benzene rings is 1. The molecule has 88 valence electrons. The van der Waals surface area contributed by atoms with E-state index in [1.165, 1.54) is 43.2 Å². The molecule has 0 radical (unpaired) electrons. The van der Waals surface area contributed by atoms with E-state index in [0.29, 0.717) is 5.92 Å². The van der Waals surface area contributed by atoms with E-state index in [0.717, 1.165) is 9.99 Å². The highest BCUT2D eigenvalue weighted by Gasteiger charge is 2.17. The normalized spacial score (nSPS) is 17.5. The van der Waals surface area contributed by atoms with E-state index < -0.39 is 0 Å². The van der Waals surface area contributed by atoms with Gasteiger partial charge in [-0.05, 0) is 40.9 Å². The number of aromatic nitrogens is 1. The average molecular weight is 290 g/mol. The fourth-order valence-corrected chi connectivity index (χ4v) is 3.22. The van der Waals surface area contributed by atoms with Gasteiger partial charge in [-0.1, -0.05) is 37.5 Å². The van der Waals surface area contributed by atoms with Gasteiger partial charge in [-0.2, -0.15) is 0 Å². The van der Waals surface area contributed by atoms with Crippen molar-refractivity contribution >= 4 is 26.8 Å². The number of para-hydroxylation sites is 1. The minimum atomic E-state index is 0.681. The summed E-state index contributed by atoms with van der Waals surface area (Å²) >= 11 is 3.59. The van der Waals surface area contributed by atoms with E-state index in [1.54, 1.807) is 0 Å². The molecule has 0 amide bonds. The number of pyridine rings is 1. The Morgan fingerprint density at radius 3 is 2.65 bits per heavy atom. The van der Waals surface area contributed by atoms with Gasteiger partial charge in [0, 0.05) is 21.5 Å². The Kier molecular flexibility index (Phi) is 3.15. The highest BCUT2D eigenvalue weighted by Crippen LogP contribution is 2.33. The number of rotatable bonds is 1. The number of nitrogens with zero attached hydrogens (tertiary/aromatic N) is 1. The van der Waals surface area contributed by atoms with Crippen LogP contribution in [0.3, 0.4) is 0 Å². The monoisotopic (exact) mass is 289 g/mol. The van der Waals surface area contributed by atoms with Crippen molar-refractivity contribution in [2.24, 2.45) is 0 Å². The minimum absolute atomic E-state index is 0.681. The third-order valence-electron chi connectivity index (χ3n) is 3.72. The molecule has 0 saturated heterocycles. The fraction of sp³-hybridized carbons (Fsp3) is 0.400. The van der Waals surface area contributed by atoms with Crippen LogP contribution in [0.15, 0.2) is 34.8 Å². The molecule has 1 fully saturated rings. The third-order valence-corrected chi connectivity index (χ3v) is 4.36. The first-order valence-electron chi connectivity index (χ1n) is 6.40. The Morgan fingerprint density at radius 1 is 1.00 bits per heavy atom. The van der Waals surface area contributed by atoms with Crippen LogP contribution in [0.2, 0.25) is 0 Å². The maximum absolute atomic E-state index is 4.85. The molecular weight excluding hydrogens is 274 g/mol. The second-order valence-corrected chi connectivity index (χ2v) is 5.74. The van der Waals surface area contributed by atoms with Gasteiger partial charge in [0.05, 0.1) is 5.52 Å². The molecule has 1 aromatic carbocycles. The second kappa shape index (κ2) is 4.77. The van der Waals surface area contributed by atoms with Crippen LogP contribution in [-0.4, -0.2) is 4.98 Å². The zero-order chi connectivity index (χ0) is 11.7. The zero-order valence-electron chi connectivity index (χ0n) is 9.82. The van der Waals surface area contributed by atoms with E-state index in [9.17, 15) is 0 Å². The van der Waals surface area contributed by atoms with Crippen LogP contribution in [0.1, 0.15) is 43.7 Å². The van der Waals surface area contributed by atoms with Crippen molar-refractivity contribution in [3.8, 4) is 0 Å². The summed E-state index contributed by atoms with van der Waals surface area (Å²) in [5.41, 5.74) is 2.39. The molecule has 2 aromatic rings. The molecule has 1 aliphatic carbocycles. The maximum atomic E-state index is 4.85. The quantitative estimate of drug-likeness (QED) is 0.716. The maximum Gasteiger partial charge on any atom is 0.0847 e. The highest BCUT2D eigenvalue weighted by atomic mass is 79.9. The Morgan fingerprint density at radius 2 is 1.82 bits per heavy atom. The Labute approximate surface area is 110 Å². The lowest BCUT2D eigenvalue weighted by molar-refractivity contribution is 0.437. The Hall–Kier alpha value is -0.890. The first kappa shape index (κ1) is 11.2. The highest BCUT2D eigenvalue weighted by molar-refractivity contribution is 9.10. The molecule has 0 N–H and O–H groups in total. The first-order chi connectivity index (χ1) is 8.34. The van der Waals surface area contributed by atoms with Gasteiger partial charge in [0.15, 0.2) is 0 Å². The molecule has 1 aliphatic rings. The van der Waals surface area contributed by atoms with Crippen LogP contribution in [0, 0.1) is 0 Å². The molecule has 0 aliphatic heterocycles. The lowest BCUT2D eigenvalue weighted by Gasteiger charge is -2.21. The lowest BCUT2D eigenvalue weighted by Crippen LogP contribution is -2.06. The number of hydrogen-bond acceptors (Lipinski definition) is 1. The smallest absolute Gasteiger partial charge is 0.0847 e. The van der Waals surface area contributed by atoms with Gasteiger partial charge in [-0.3, -0.25) is 4.98 Å². The van der Waals surface area contributed by atoms with E-state index in [-0.39, 0.29) is 0 Å². The van der Waals surface area contributed by atoms with E-state index >= 15 is 0 Å². The molecule has 3 rings (SSSR count). The summed E-state index contributed by atoms with van der Waals surface area (Å²) < 4.78 is 1.10. The van der Waals surface area contributed by atoms with Crippen molar-refractivity contribution in [3.05, 3.63) is 40.5 Å². The van der Waals surface area contributed by atoms with Crippen molar-refractivity contribution in [3.63, 3.8) is 0 Å². The van der Waals surface area contributed by atoms with Gasteiger partial charge in [0.2, 0.25) is 0 Å². The molecule has 1 heterocycles. The van der Waals surface area contributed by atoms with E-state index in [1.807, 2.05) is 0 Å². The van der Waals surface area contributed by atoms with Crippen LogP contribution in [0.25, 0.3) is 10.9 Å². The summed E-state index contributed by atoms with van der Waals surface area (Å²) in [7, 11) is 0. The van der Waals surface area contributed by atoms with Gasteiger partial charge in [0.25, 0.3) is 0 Å². The molecule has 0 spiro atoms. The van der Waals surface area contributed by atoms with E-state index in [4.69, 9.17) is 4.98 Å². The van der Waals surface area contributed by atoms with Crippen molar-refractivity contribution in [1.82, 2.24) is 4.98 Å². The summed E-state index contributed by atoms with van der Waals surface area (Å²) in [5, 5.41) is 1.22. The van der Waals surface area contributed by atoms with Gasteiger partial charge in [-0.25, -0.2) is 0 Å². The van der Waals surface area contributed by atoms with Crippen LogP contribution in [0.4, 0.5) is 0 Å². The van der Waals surface area contributed by atoms with Crippen LogP contribution < -0.4 is 0 Å². The SMILES string of the molecule is Brc1cccc2ccc(C3CCCCC3)nc12. The molecule has 1 aromatic heterocycles. The van der Waals surface area contributed by atoms with Crippen LogP contribution in [-0.2, 0) is 0 Å². The fourth-order valence-electron chi connectivity index (χ4n) is 2.75. The van der Waals surface area contributed by atoms with Crippen LogP contribution >= 0.6 is 15.9 Å². The molecule has 17 heavy (non-hydrogen) atoms. The Balaban J connectivity index is 2.03.